The Hall–Kier alpha value is -1.99. The fourth-order valence-corrected chi connectivity index (χ4v) is 2.99. The molecule has 130 valence electrons. The summed E-state index contributed by atoms with van der Waals surface area (Å²) in [4.78, 5) is 14.4. The molecular weight excluding hydrogens is 333 g/mol. The molecule has 2 aromatic rings. The zero-order chi connectivity index (χ0) is 16.2. The van der Waals surface area contributed by atoms with E-state index in [2.05, 4.69) is 15.6 Å². The molecule has 1 amide bonds. The van der Waals surface area contributed by atoms with Crippen LogP contribution in [0.2, 0.25) is 0 Å². The molecule has 1 unspecified atom stereocenters. The Morgan fingerprint density at radius 1 is 1.46 bits per heavy atom. The number of likely N-dealkylation sites (N-methyl/N-ethyl adjacent to an activating group) is 1. The summed E-state index contributed by atoms with van der Waals surface area (Å²) in [6, 6.07) is 6.53. The Morgan fingerprint density at radius 3 is 3.04 bits per heavy atom. The smallest absolute Gasteiger partial charge is 0.276 e. The predicted molar refractivity (Wildman–Crippen MR) is 90.8 cm³/mol. The first kappa shape index (κ1) is 18.4. The van der Waals surface area contributed by atoms with Gasteiger partial charge >= 0.3 is 0 Å². The maximum absolute atomic E-state index is 13.2. The van der Waals surface area contributed by atoms with Crippen molar-refractivity contribution in [3.63, 3.8) is 0 Å². The molecule has 24 heavy (non-hydrogen) atoms. The maximum Gasteiger partial charge on any atom is 0.276 e. The fraction of sp³-hybridized carbons (Fsp3) is 0.438. The quantitative estimate of drug-likeness (QED) is 0.889. The summed E-state index contributed by atoms with van der Waals surface area (Å²) in [5, 5.41) is 11.1. The van der Waals surface area contributed by atoms with Crippen molar-refractivity contribution in [2.24, 2.45) is 0 Å². The summed E-state index contributed by atoms with van der Waals surface area (Å²) < 4.78 is 14.8. The van der Waals surface area contributed by atoms with Gasteiger partial charge < -0.3 is 10.2 Å². The Balaban J connectivity index is 0.00000208. The average Bonchev–Trinajstić information content (AvgIpc) is 3.16. The van der Waals surface area contributed by atoms with Gasteiger partial charge in [0, 0.05) is 19.1 Å². The molecule has 1 N–H and O–H groups in total. The summed E-state index contributed by atoms with van der Waals surface area (Å²) >= 11 is 0. The molecule has 0 saturated carbocycles. The molecule has 1 aliphatic rings. The van der Waals surface area contributed by atoms with Crippen LogP contribution in [0.25, 0.3) is 0 Å². The number of aromatic nitrogens is 3. The summed E-state index contributed by atoms with van der Waals surface area (Å²) in [7, 11) is 1.89. The Kier molecular flexibility index (Phi) is 6.28. The van der Waals surface area contributed by atoms with Crippen LogP contribution in [0.3, 0.4) is 0 Å². The zero-order valence-electron chi connectivity index (χ0n) is 13.5. The molecule has 1 aliphatic heterocycles. The third-order valence-corrected chi connectivity index (χ3v) is 4.07. The molecule has 6 nitrogen and oxygen atoms in total. The summed E-state index contributed by atoms with van der Waals surface area (Å²) in [5.74, 6) is -0.376. The van der Waals surface area contributed by atoms with Gasteiger partial charge in [0.2, 0.25) is 0 Å². The van der Waals surface area contributed by atoms with Gasteiger partial charge in [0.1, 0.15) is 5.82 Å². The SMILES string of the molecule is CNCC1CCCN1C(=O)c1cn(Cc2cccc(F)c2)nn1.Cl. The van der Waals surface area contributed by atoms with Gasteiger partial charge in [-0.15, -0.1) is 17.5 Å². The second-order valence-electron chi connectivity index (χ2n) is 5.78. The largest absolute Gasteiger partial charge is 0.333 e. The third-order valence-electron chi connectivity index (χ3n) is 4.07. The van der Waals surface area contributed by atoms with Crippen LogP contribution >= 0.6 is 12.4 Å². The van der Waals surface area contributed by atoms with E-state index < -0.39 is 0 Å². The number of hydrogen-bond acceptors (Lipinski definition) is 4. The first-order valence-electron chi connectivity index (χ1n) is 7.77. The van der Waals surface area contributed by atoms with Crippen molar-refractivity contribution in [1.82, 2.24) is 25.2 Å². The highest BCUT2D eigenvalue weighted by Crippen LogP contribution is 2.19. The number of benzene rings is 1. The van der Waals surface area contributed by atoms with E-state index in [0.717, 1.165) is 31.5 Å². The second-order valence-corrected chi connectivity index (χ2v) is 5.78. The van der Waals surface area contributed by atoms with E-state index in [1.54, 1.807) is 16.9 Å². The minimum atomic E-state index is -0.286. The number of nitrogens with one attached hydrogen (secondary N) is 1. The van der Waals surface area contributed by atoms with Gasteiger partial charge in [-0.25, -0.2) is 9.07 Å². The predicted octanol–water partition coefficient (Wildman–Crippen LogP) is 1.71. The molecule has 0 spiro atoms. The monoisotopic (exact) mass is 353 g/mol. The lowest BCUT2D eigenvalue weighted by molar-refractivity contribution is 0.0731. The number of halogens is 2. The molecule has 0 bridgehead atoms. The van der Waals surface area contributed by atoms with Crippen LogP contribution in [0.1, 0.15) is 28.9 Å². The lowest BCUT2D eigenvalue weighted by atomic mass is 10.2. The highest BCUT2D eigenvalue weighted by molar-refractivity contribution is 5.92. The number of rotatable bonds is 5. The van der Waals surface area contributed by atoms with E-state index >= 15 is 0 Å². The van der Waals surface area contributed by atoms with Gasteiger partial charge in [-0.1, -0.05) is 17.3 Å². The molecule has 0 radical (unpaired) electrons. The van der Waals surface area contributed by atoms with Crippen molar-refractivity contribution >= 4 is 18.3 Å². The van der Waals surface area contributed by atoms with E-state index in [0.29, 0.717) is 12.2 Å². The fourth-order valence-electron chi connectivity index (χ4n) is 2.99. The highest BCUT2D eigenvalue weighted by atomic mass is 35.5. The lowest BCUT2D eigenvalue weighted by Gasteiger charge is -2.23. The number of carbonyl (C=O) groups is 1. The molecule has 8 heteroatoms. The summed E-state index contributed by atoms with van der Waals surface area (Å²) in [6.07, 6.45) is 3.64. The summed E-state index contributed by atoms with van der Waals surface area (Å²) in [5.41, 5.74) is 1.12. The number of amides is 1. The third kappa shape index (κ3) is 4.10. The van der Waals surface area contributed by atoms with Gasteiger partial charge in [0.15, 0.2) is 5.69 Å². The van der Waals surface area contributed by atoms with E-state index in [1.807, 2.05) is 18.0 Å². The van der Waals surface area contributed by atoms with Crippen LogP contribution in [-0.2, 0) is 6.54 Å². The van der Waals surface area contributed by atoms with Crippen LogP contribution in [-0.4, -0.2) is 52.0 Å². The van der Waals surface area contributed by atoms with Crippen molar-refractivity contribution < 1.29 is 9.18 Å². The van der Waals surface area contributed by atoms with Gasteiger partial charge in [-0.2, -0.15) is 0 Å². The van der Waals surface area contributed by atoms with E-state index in [-0.39, 0.29) is 30.2 Å². The Labute approximate surface area is 146 Å². The highest BCUT2D eigenvalue weighted by Gasteiger charge is 2.30. The first-order valence-corrected chi connectivity index (χ1v) is 7.77. The van der Waals surface area contributed by atoms with Crippen molar-refractivity contribution in [2.45, 2.75) is 25.4 Å². The Bertz CT molecular complexity index is 693. The molecule has 1 aromatic carbocycles. The molecule has 0 aliphatic carbocycles. The molecule has 2 heterocycles. The van der Waals surface area contributed by atoms with Gasteiger partial charge in [0.25, 0.3) is 5.91 Å². The molecule has 1 aromatic heterocycles. The number of likely N-dealkylation sites (tertiary alicyclic amines) is 1. The molecule has 1 atom stereocenters. The van der Waals surface area contributed by atoms with Crippen molar-refractivity contribution in [2.75, 3.05) is 20.1 Å². The number of hydrogen-bond donors (Lipinski definition) is 1. The van der Waals surface area contributed by atoms with Crippen LogP contribution < -0.4 is 5.32 Å². The standard InChI is InChI=1S/C16H20FN5O.ClH/c1-18-9-14-6-3-7-22(14)16(23)15-11-21(20-19-15)10-12-4-2-5-13(17)8-12;/h2,4-5,8,11,14,18H,3,6-7,9-10H2,1H3;1H. The van der Waals surface area contributed by atoms with Crippen LogP contribution in [0, 0.1) is 5.82 Å². The molecule has 1 saturated heterocycles. The normalized spacial score (nSPS) is 16.9. The molecular formula is C16H21ClFN5O. The van der Waals surface area contributed by atoms with Crippen molar-refractivity contribution in [3.05, 3.63) is 47.5 Å². The maximum atomic E-state index is 13.2. The number of carbonyl (C=O) groups excluding carboxylic acids is 1. The van der Waals surface area contributed by atoms with Gasteiger partial charge in [-0.05, 0) is 37.6 Å². The Morgan fingerprint density at radius 2 is 2.29 bits per heavy atom. The lowest BCUT2D eigenvalue weighted by Crippen LogP contribution is -2.41. The van der Waals surface area contributed by atoms with Gasteiger partial charge in [-0.3, -0.25) is 4.79 Å². The minimum Gasteiger partial charge on any atom is -0.333 e. The topological polar surface area (TPSA) is 63.1 Å². The van der Waals surface area contributed by atoms with Crippen LogP contribution in [0.4, 0.5) is 4.39 Å². The van der Waals surface area contributed by atoms with E-state index in [9.17, 15) is 9.18 Å². The summed E-state index contributed by atoms with van der Waals surface area (Å²) in [6.45, 7) is 1.92. The van der Waals surface area contributed by atoms with Gasteiger partial charge in [0.05, 0.1) is 12.7 Å². The van der Waals surface area contributed by atoms with Crippen molar-refractivity contribution in [3.8, 4) is 0 Å². The second kappa shape index (κ2) is 8.21. The van der Waals surface area contributed by atoms with Crippen molar-refractivity contribution in [1.29, 1.82) is 0 Å². The molecule has 3 rings (SSSR count). The van der Waals surface area contributed by atoms with E-state index in [1.165, 1.54) is 12.1 Å². The minimum absolute atomic E-state index is 0. The van der Waals surface area contributed by atoms with Crippen LogP contribution in [0.15, 0.2) is 30.5 Å². The van der Waals surface area contributed by atoms with E-state index in [4.69, 9.17) is 0 Å². The number of nitrogens with zero attached hydrogens (tertiary/aromatic N) is 4. The van der Waals surface area contributed by atoms with Crippen LogP contribution in [0.5, 0.6) is 0 Å². The zero-order valence-corrected chi connectivity index (χ0v) is 14.3. The molecule has 1 fully saturated rings. The first-order chi connectivity index (χ1) is 11.2. The average molecular weight is 354 g/mol.